The van der Waals surface area contributed by atoms with Crippen molar-refractivity contribution in [1.82, 2.24) is 9.55 Å². The number of hydrogen-bond acceptors (Lipinski definition) is 3. The van der Waals surface area contributed by atoms with Crippen LogP contribution < -0.4 is 0 Å². The predicted molar refractivity (Wildman–Crippen MR) is 61.8 cm³/mol. The van der Waals surface area contributed by atoms with Gasteiger partial charge >= 0.3 is 5.97 Å². The van der Waals surface area contributed by atoms with Gasteiger partial charge in [-0.1, -0.05) is 11.8 Å². The Labute approximate surface area is 109 Å². The average Bonchev–Trinajstić information content (AvgIpc) is 2.79. The maximum atomic E-state index is 13.6. The highest BCUT2D eigenvalue weighted by molar-refractivity contribution is 7.99. The van der Waals surface area contributed by atoms with Crippen molar-refractivity contribution in [3.8, 4) is 5.69 Å². The summed E-state index contributed by atoms with van der Waals surface area (Å²) in [6, 6.07) is 1.24. The molecule has 0 saturated carbocycles. The fourth-order valence-corrected chi connectivity index (χ4v) is 2.11. The molecule has 0 aliphatic rings. The van der Waals surface area contributed by atoms with Crippen molar-refractivity contribution in [1.29, 1.82) is 0 Å². The number of carbonyl (C=O) groups is 1. The first-order chi connectivity index (χ1) is 8.99. The van der Waals surface area contributed by atoms with Crippen molar-refractivity contribution in [3.63, 3.8) is 0 Å². The van der Waals surface area contributed by atoms with Gasteiger partial charge in [-0.15, -0.1) is 0 Å². The summed E-state index contributed by atoms with van der Waals surface area (Å²) in [7, 11) is 0. The summed E-state index contributed by atoms with van der Waals surface area (Å²) in [5.41, 5.74) is -0.358. The van der Waals surface area contributed by atoms with Gasteiger partial charge in [0.05, 0.1) is 11.4 Å². The van der Waals surface area contributed by atoms with Gasteiger partial charge in [-0.2, -0.15) is 0 Å². The summed E-state index contributed by atoms with van der Waals surface area (Å²) >= 11 is 0.818. The lowest BCUT2D eigenvalue weighted by Gasteiger charge is -2.08. The zero-order chi connectivity index (χ0) is 14.0. The molecule has 0 spiro atoms. The molecule has 0 aliphatic heterocycles. The highest BCUT2D eigenvalue weighted by Crippen LogP contribution is 2.24. The Balaban J connectivity index is 2.42. The second-order valence-electron chi connectivity index (χ2n) is 3.48. The van der Waals surface area contributed by atoms with Crippen LogP contribution in [0, 0.1) is 17.5 Å². The maximum Gasteiger partial charge on any atom is 0.313 e. The number of thioether (sulfide) groups is 1. The van der Waals surface area contributed by atoms with Crippen LogP contribution in [0.5, 0.6) is 0 Å². The number of carboxylic acid groups (broad SMARTS) is 1. The highest BCUT2D eigenvalue weighted by atomic mass is 32.2. The van der Waals surface area contributed by atoms with E-state index in [1.165, 1.54) is 12.4 Å². The van der Waals surface area contributed by atoms with Crippen molar-refractivity contribution >= 4 is 17.7 Å². The van der Waals surface area contributed by atoms with Crippen molar-refractivity contribution in [2.45, 2.75) is 5.16 Å². The number of hydrogen-bond donors (Lipinski definition) is 1. The number of imidazole rings is 1. The molecule has 0 radical (unpaired) electrons. The van der Waals surface area contributed by atoms with Crippen molar-refractivity contribution in [3.05, 3.63) is 42.0 Å². The molecule has 2 rings (SSSR count). The predicted octanol–water partition coefficient (Wildman–Crippen LogP) is 2.47. The summed E-state index contributed by atoms with van der Waals surface area (Å²) < 4.78 is 40.9. The molecule has 8 heteroatoms. The van der Waals surface area contributed by atoms with Crippen LogP contribution in [-0.2, 0) is 4.79 Å². The van der Waals surface area contributed by atoms with Crippen LogP contribution in [0.2, 0.25) is 0 Å². The van der Waals surface area contributed by atoms with Crippen LogP contribution >= 0.6 is 11.8 Å². The van der Waals surface area contributed by atoms with E-state index in [1.54, 1.807) is 0 Å². The molecule has 0 unspecified atom stereocenters. The van der Waals surface area contributed by atoms with Gasteiger partial charge < -0.3 is 5.11 Å². The first kappa shape index (κ1) is 13.5. The van der Waals surface area contributed by atoms with Crippen LogP contribution in [-0.4, -0.2) is 26.4 Å². The molecule has 0 bridgehead atoms. The summed E-state index contributed by atoms with van der Waals surface area (Å²) in [6.45, 7) is 0. The summed E-state index contributed by atoms with van der Waals surface area (Å²) in [4.78, 5) is 14.3. The molecule has 1 aromatic carbocycles. The van der Waals surface area contributed by atoms with Crippen LogP contribution in [0.1, 0.15) is 0 Å². The number of nitrogens with zero attached hydrogens (tertiary/aromatic N) is 2. The van der Waals surface area contributed by atoms with E-state index in [9.17, 15) is 18.0 Å². The smallest absolute Gasteiger partial charge is 0.313 e. The van der Waals surface area contributed by atoms with E-state index in [4.69, 9.17) is 5.11 Å². The molecule has 0 amide bonds. The monoisotopic (exact) mass is 288 g/mol. The van der Waals surface area contributed by atoms with Crippen molar-refractivity contribution < 1.29 is 23.1 Å². The van der Waals surface area contributed by atoms with E-state index in [0.29, 0.717) is 6.07 Å². The topological polar surface area (TPSA) is 55.1 Å². The molecule has 0 atom stereocenters. The summed E-state index contributed by atoms with van der Waals surface area (Å²) in [5, 5.41) is 8.70. The molecule has 1 aromatic heterocycles. The fourth-order valence-electron chi connectivity index (χ4n) is 1.42. The Bertz CT molecular complexity index is 630. The van der Waals surface area contributed by atoms with E-state index in [1.807, 2.05) is 0 Å². The minimum atomic E-state index is -1.32. The first-order valence-corrected chi connectivity index (χ1v) is 6.00. The summed E-state index contributed by atoms with van der Waals surface area (Å²) in [5.74, 6) is -4.85. The van der Waals surface area contributed by atoms with Crippen LogP contribution in [0.4, 0.5) is 13.2 Å². The van der Waals surface area contributed by atoms with Crippen LogP contribution in [0.15, 0.2) is 29.7 Å². The molecule has 1 heterocycles. The van der Waals surface area contributed by atoms with Crippen LogP contribution in [0.25, 0.3) is 5.69 Å². The molecule has 1 N–H and O–H groups in total. The molecular weight excluding hydrogens is 281 g/mol. The zero-order valence-electron chi connectivity index (χ0n) is 9.31. The number of rotatable bonds is 4. The summed E-state index contributed by atoms with van der Waals surface area (Å²) in [6.07, 6.45) is 2.58. The second-order valence-corrected chi connectivity index (χ2v) is 4.43. The quantitative estimate of drug-likeness (QED) is 0.693. The van der Waals surface area contributed by atoms with E-state index in [-0.39, 0.29) is 16.6 Å². The average molecular weight is 288 g/mol. The largest absolute Gasteiger partial charge is 0.481 e. The Morgan fingerprint density at radius 2 is 2.11 bits per heavy atom. The van der Waals surface area contributed by atoms with E-state index >= 15 is 0 Å². The third-order valence-electron chi connectivity index (χ3n) is 2.16. The number of benzene rings is 1. The standard InChI is InChI=1S/C11H7F3N2O2S/c12-6-3-7(13)10(14)8(4-6)16-2-1-15-11(16)19-5-9(17)18/h1-4H,5H2,(H,17,18). The van der Waals surface area contributed by atoms with Crippen LogP contribution in [0.3, 0.4) is 0 Å². The number of aliphatic carboxylic acids is 1. The zero-order valence-corrected chi connectivity index (χ0v) is 10.1. The van der Waals surface area contributed by atoms with E-state index in [2.05, 4.69) is 4.98 Å². The third kappa shape index (κ3) is 2.90. The van der Waals surface area contributed by atoms with E-state index in [0.717, 1.165) is 22.4 Å². The molecular formula is C11H7F3N2O2S. The SMILES string of the molecule is O=C(O)CSc1nccn1-c1cc(F)cc(F)c1F. The fraction of sp³-hybridized carbons (Fsp3) is 0.0909. The van der Waals surface area contributed by atoms with Crippen molar-refractivity contribution in [2.24, 2.45) is 0 Å². The molecule has 4 nitrogen and oxygen atoms in total. The van der Waals surface area contributed by atoms with E-state index < -0.39 is 23.4 Å². The minimum Gasteiger partial charge on any atom is -0.481 e. The van der Waals surface area contributed by atoms with Crippen molar-refractivity contribution in [2.75, 3.05) is 5.75 Å². The van der Waals surface area contributed by atoms with Gasteiger partial charge in [0.15, 0.2) is 16.8 Å². The van der Waals surface area contributed by atoms with Gasteiger partial charge in [-0.3, -0.25) is 9.36 Å². The van der Waals surface area contributed by atoms with Gasteiger partial charge in [0.25, 0.3) is 0 Å². The number of halogens is 3. The van der Waals surface area contributed by atoms with Gasteiger partial charge in [-0.25, -0.2) is 18.2 Å². The Morgan fingerprint density at radius 1 is 1.37 bits per heavy atom. The Hall–Kier alpha value is -1.96. The maximum absolute atomic E-state index is 13.6. The Kier molecular flexibility index (Phi) is 3.79. The van der Waals surface area contributed by atoms with Gasteiger partial charge in [0.1, 0.15) is 5.82 Å². The first-order valence-electron chi connectivity index (χ1n) is 5.02. The minimum absolute atomic E-state index is 0.131. The molecule has 0 fully saturated rings. The molecule has 0 saturated heterocycles. The highest BCUT2D eigenvalue weighted by Gasteiger charge is 2.16. The normalized spacial score (nSPS) is 10.7. The lowest BCUT2D eigenvalue weighted by molar-refractivity contribution is -0.133. The second kappa shape index (κ2) is 5.35. The number of aromatic nitrogens is 2. The Morgan fingerprint density at radius 3 is 2.79 bits per heavy atom. The lowest BCUT2D eigenvalue weighted by atomic mass is 10.3. The van der Waals surface area contributed by atoms with Gasteiger partial charge in [0, 0.05) is 24.5 Å². The third-order valence-corrected chi connectivity index (χ3v) is 3.12. The van der Waals surface area contributed by atoms with Gasteiger partial charge in [-0.05, 0) is 0 Å². The molecule has 19 heavy (non-hydrogen) atoms. The van der Waals surface area contributed by atoms with Gasteiger partial charge in [0.2, 0.25) is 0 Å². The molecule has 100 valence electrons. The lowest BCUT2D eigenvalue weighted by Crippen LogP contribution is -2.04. The molecule has 0 aliphatic carbocycles. The number of carboxylic acids is 1. The molecule has 2 aromatic rings.